The van der Waals surface area contributed by atoms with Crippen molar-refractivity contribution in [3.63, 3.8) is 0 Å². The van der Waals surface area contributed by atoms with E-state index in [1.54, 1.807) is 0 Å². The molecule has 0 radical (unpaired) electrons. The highest BCUT2D eigenvalue weighted by Gasteiger charge is 2.18. The fourth-order valence-corrected chi connectivity index (χ4v) is 3.76. The summed E-state index contributed by atoms with van der Waals surface area (Å²) >= 11 is 0. The number of rotatable bonds is 8. The van der Waals surface area contributed by atoms with Gasteiger partial charge in [-0.3, -0.25) is 0 Å². The third-order valence-electron chi connectivity index (χ3n) is 3.49. The second kappa shape index (κ2) is 8.12. The van der Waals surface area contributed by atoms with Crippen LogP contribution in [0.5, 0.6) is 0 Å². The molecular formula is C13H28N2O2S. The summed E-state index contributed by atoms with van der Waals surface area (Å²) in [6.45, 7) is 8.22. The molecule has 0 atom stereocenters. The van der Waals surface area contributed by atoms with E-state index in [1.165, 1.54) is 13.0 Å². The standard InChI is InChI=1S/C13H28N2O2S/c1-3-8-15-9-5-13(6-10-15)14-7-12-18(16,17)11-4-2/h13-14H,3-12H2,1-2H3. The van der Waals surface area contributed by atoms with Gasteiger partial charge in [0, 0.05) is 18.3 Å². The van der Waals surface area contributed by atoms with Crippen LogP contribution < -0.4 is 5.32 Å². The van der Waals surface area contributed by atoms with Gasteiger partial charge in [0.1, 0.15) is 0 Å². The highest BCUT2D eigenvalue weighted by Crippen LogP contribution is 2.10. The molecule has 1 saturated heterocycles. The van der Waals surface area contributed by atoms with Gasteiger partial charge in [0.05, 0.1) is 5.75 Å². The molecule has 0 saturated carbocycles. The van der Waals surface area contributed by atoms with Gasteiger partial charge in [-0.25, -0.2) is 8.42 Å². The van der Waals surface area contributed by atoms with Gasteiger partial charge in [0.15, 0.2) is 9.84 Å². The van der Waals surface area contributed by atoms with E-state index in [4.69, 9.17) is 0 Å². The molecule has 108 valence electrons. The summed E-state index contributed by atoms with van der Waals surface area (Å²) in [5.74, 6) is 0.611. The van der Waals surface area contributed by atoms with Crippen LogP contribution in [0.1, 0.15) is 39.5 Å². The van der Waals surface area contributed by atoms with E-state index < -0.39 is 9.84 Å². The molecule has 1 aliphatic rings. The predicted octanol–water partition coefficient (Wildman–Crippen LogP) is 1.28. The van der Waals surface area contributed by atoms with Gasteiger partial charge in [-0.15, -0.1) is 0 Å². The number of hydrogen-bond acceptors (Lipinski definition) is 4. The van der Waals surface area contributed by atoms with Crippen LogP contribution in [-0.4, -0.2) is 57.0 Å². The van der Waals surface area contributed by atoms with Crippen LogP contribution in [-0.2, 0) is 9.84 Å². The molecule has 1 aliphatic heterocycles. The summed E-state index contributed by atoms with van der Waals surface area (Å²) in [6, 6.07) is 0.509. The minimum absolute atomic E-state index is 0.288. The van der Waals surface area contributed by atoms with Crippen molar-refractivity contribution >= 4 is 9.84 Å². The first-order valence-corrected chi connectivity index (χ1v) is 9.05. The molecule has 0 aromatic rings. The number of piperidine rings is 1. The number of nitrogens with one attached hydrogen (secondary N) is 1. The average molecular weight is 276 g/mol. The minimum atomic E-state index is -2.82. The summed E-state index contributed by atoms with van der Waals surface area (Å²) in [7, 11) is -2.82. The Morgan fingerprint density at radius 1 is 1.11 bits per heavy atom. The van der Waals surface area contributed by atoms with Gasteiger partial charge in [-0.1, -0.05) is 13.8 Å². The number of sulfone groups is 1. The van der Waals surface area contributed by atoms with Gasteiger partial charge >= 0.3 is 0 Å². The van der Waals surface area contributed by atoms with E-state index in [-0.39, 0.29) is 5.75 Å². The SMILES string of the molecule is CCCN1CCC(NCCS(=O)(=O)CCC)CC1. The van der Waals surface area contributed by atoms with Crippen LogP contribution in [0, 0.1) is 0 Å². The topological polar surface area (TPSA) is 49.4 Å². The zero-order valence-electron chi connectivity index (χ0n) is 11.8. The van der Waals surface area contributed by atoms with Crippen molar-refractivity contribution in [3.05, 3.63) is 0 Å². The normalized spacial score (nSPS) is 19.2. The van der Waals surface area contributed by atoms with E-state index in [9.17, 15) is 8.42 Å². The minimum Gasteiger partial charge on any atom is -0.313 e. The Morgan fingerprint density at radius 3 is 2.33 bits per heavy atom. The Balaban J connectivity index is 2.14. The van der Waals surface area contributed by atoms with E-state index in [1.807, 2.05) is 6.92 Å². The molecule has 1 rings (SSSR count). The summed E-state index contributed by atoms with van der Waals surface area (Å²) in [5.41, 5.74) is 0. The Bertz CT molecular complexity index is 309. The zero-order valence-corrected chi connectivity index (χ0v) is 12.6. The lowest BCUT2D eigenvalue weighted by Gasteiger charge is -2.32. The van der Waals surface area contributed by atoms with Gasteiger partial charge in [-0.2, -0.15) is 0 Å². The molecule has 18 heavy (non-hydrogen) atoms. The van der Waals surface area contributed by atoms with Crippen molar-refractivity contribution in [3.8, 4) is 0 Å². The van der Waals surface area contributed by atoms with Gasteiger partial charge < -0.3 is 10.2 Å². The predicted molar refractivity (Wildman–Crippen MR) is 76.7 cm³/mol. The van der Waals surface area contributed by atoms with Crippen molar-refractivity contribution in [1.29, 1.82) is 0 Å². The largest absolute Gasteiger partial charge is 0.313 e. The maximum atomic E-state index is 11.6. The highest BCUT2D eigenvalue weighted by molar-refractivity contribution is 7.91. The van der Waals surface area contributed by atoms with Crippen LogP contribution in [0.3, 0.4) is 0 Å². The van der Waals surface area contributed by atoms with Crippen molar-refractivity contribution in [1.82, 2.24) is 10.2 Å². The van der Waals surface area contributed by atoms with E-state index >= 15 is 0 Å². The highest BCUT2D eigenvalue weighted by atomic mass is 32.2. The van der Waals surface area contributed by atoms with Crippen LogP contribution in [0.4, 0.5) is 0 Å². The Labute approximate surface area is 112 Å². The molecule has 1 fully saturated rings. The monoisotopic (exact) mass is 276 g/mol. The fourth-order valence-electron chi connectivity index (χ4n) is 2.51. The summed E-state index contributed by atoms with van der Waals surface area (Å²) in [4.78, 5) is 2.49. The Morgan fingerprint density at radius 2 is 1.78 bits per heavy atom. The maximum absolute atomic E-state index is 11.6. The molecule has 0 aromatic heterocycles. The van der Waals surface area contributed by atoms with Crippen LogP contribution in [0.2, 0.25) is 0 Å². The van der Waals surface area contributed by atoms with Gasteiger partial charge in [-0.05, 0) is 45.3 Å². The summed E-state index contributed by atoms with van der Waals surface area (Å²) in [6.07, 6.45) is 4.23. The quantitative estimate of drug-likeness (QED) is 0.725. The van der Waals surface area contributed by atoms with Crippen molar-refractivity contribution in [2.24, 2.45) is 0 Å². The first kappa shape index (κ1) is 15.9. The summed E-state index contributed by atoms with van der Waals surface area (Å²) < 4.78 is 23.1. The van der Waals surface area contributed by atoms with E-state index in [0.29, 0.717) is 18.3 Å². The molecular weight excluding hydrogens is 248 g/mol. The smallest absolute Gasteiger partial charge is 0.151 e. The second-order valence-electron chi connectivity index (χ2n) is 5.22. The number of likely N-dealkylation sites (tertiary alicyclic amines) is 1. The summed E-state index contributed by atoms with van der Waals surface area (Å²) in [5, 5.41) is 3.39. The van der Waals surface area contributed by atoms with Crippen molar-refractivity contribution in [2.45, 2.75) is 45.6 Å². The van der Waals surface area contributed by atoms with Crippen molar-refractivity contribution < 1.29 is 8.42 Å². The Kier molecular flexibility index (Phi) is 7.19. The van der Waals surface area contributed by atoms with E-state index in [0.717, 1.165) is 32.4 Å². The third-order valence-corrected chi connectivity index (χ3v) is 5.35. The lowest BCUT2D eigenvalue weighted by Crippen LogP contribution is -2.43. The van der Waals surface area contributed by atoms with E-state index in [2.05, 4.69) is 17.1 Å². The van der Waals surface area contributed by atoms with Gasteiger partial charge in [0.2, 0.25) is 0 Å². The molecule has 0 unspecified atom stereocenters. The fraction of sp³-hybridized carbons (Fsp3) is 1.00. The molecule has 0 bridgehead atoms. The zero-order chi connectivity index (χ0) is 13.4. The first-order valence-electron chi connectivity index (χ1n) is 7.23. The molecule has 0 amide bonds. The van der Waals surface area contributed by atoms with Crippen LogP contribution >= 0.6 is 0 Å². The molecule has 0 aromatic carbocycles. The molecule has 0 spiro atoms. The average Bonchev–Trinajstić information content (AvgIpc) is 2.31. The third kappa shape index (κ3) is 6.16. The molecule has 5 heteroatoms. The molecule has 1 N–H and O–H groups in total. The van der Waals surface area contributed by atoms with Crippen molar-refractivity contribution in [2.75, 3.05) is 37.7 Å². The molecule has 1 heterocycles. The maximum Gasteiger partial charge on any atom is 0.151 e. The van der Waals surface area contributed by atoms with Crippen LogP contribution in [0.15, 0.2) is 0 Å². The van der Waals surface area contributed by atoms with Gasteiger partial charge in [0.25, 0.3) is 0 Å². The lowest BCUT2D eigenvalue weighted by atomic mass is 10.1. The number of nitrogens with zero attached hydrogens (tertiary/aromatic N) is 1. The first-order chi connectivity index (χ1) is 8.57. The molecule has 4 nitrogen and oxygen atoms in total. The number of hydrogen-bond donors (Lipinski definition) is 1. The van der Waals surface area contributed by atoms with Crippen LogP contribution in [0.25, 0.3) is 0 Å². The second-order valence-corrected chi connectivity index (χ2v) is 7.53. The lowest BCUT2D eigenvalue weighted by molar-refractivity contribution is 0.199. The Hall–Kier alpha value is -0.130. The molecule has 0 aliphatic carbocycles.